The first kappa shape index (κ1) is 20.1. The van der Waals surface area contributed by atoms with Crippen LogP contribution in [0.2, 0.25) is 5.02 Å². The molecule has 0 amide bonds. The third-order valence-electron chi connectivity index (χ3n) is 3.92. The highest BCUT2D eigenvalue weighted by Crippen LogP contribution is 2.42. The molecule has 28 heavy (non-hydrogen) atoms. The van der Waals surface area contributed by atoms with Gasteiger partial charge in [0.05, 0.1) is 28.6 Å². The van der Waals surface area contributed by atoms with Gasteiger partial charge in [0.15, 0.2) is 5.43 Å². The fourth-order valence-corrected chi connectivity index (χ4v) is 2.91. The number of rotatable bonds is 2. The molecule has 3 rings (SSSR count). The van der Waals surface area contributed by atoms with Gasteiger partial charge >= 0.3 is 12.4 Å². The van der Waals surface area contributed by atoms with Gasteiger partial charge in [-0.05, 0) is 29.8 Å². The third kappa shape index (κ3) is 3.54. The van der Waals surface area contributed by atoms with Gasteiger partial charge in [-0.3, -0.25) is 4.79 Å². The highest BCUT2D eigenvalue weighted by atomic mass is 35.5. The Morgan fingerprint density at radius 2 is 1.64 bits per heavy atom. The molecule has 0 aliphatic heterocycles. The van der Waals surface area contributed by atoms with Crippen molar-refractivity contribution in [3.63, 3.8) is 0 Å². The molecule has 0 spiro atoms. The second-order valence-electron chi connectivity index (χ2n) is 5.68. The van der Waals surface area contributed by atoms with E-state index in [1.54, 1.807) is 0 Å². The van der Waals surface area contributed by atoms with Crippen LogP contribution in [0.25, 0.3) is 22.1 Å². The van der Waals surface area contributed by atoms with Crippen molar-refractivity contribution in [2.45, 2.75) is 12.4 Å². The predicted octanol–water partition coefficient (Wildman–Crippen LogP) is 6.16. The molecule has 10 heteroatoms. The molecule has 0 aliphatic rings. The van der Waals surface area contributed by atoms with Gasteiger partial charge in [-0.25, -0.2) is 0 Å². The Balaban J connectivity index is 2.43. The maximum absolute atomic E-state index is 13.2. The molecule has 0 N–H and O–H groups in total. The summed E-state index contributed by atoms with van der Waals surface area (Å²) in [4.78, 5) is 12.1. The van der Waals surface area contributed by atoms with Crippen molar-refractivity contribution in [2.24, 2.45) is 0 Å². The summed E-state index contributed by atoms with van der Waals surface area (Å²) in [6.45, 7) is 0. The molecule has 0 aliphatic carbocycles. The van der Waals surface area contributed by atoms with E-state index in [0.717, 1.165) is 12.1 Å². The number of fused-ring (bicyclic) bond motifs is 1. The van der Waals surface area contributed by atoms with Crippen LogP contribution in [0.4, 0.5) is 26.3 Å². The Bertz CT molecular complexity index is 1120. The van der Waals surface area contributed by atoms with E-state index in [0.29, 0.717) is 6.07 Å². The zero-order valence-corrected chi connectivity index (χ0v) is 14.6. The first-order valence-corrected chi connectivity index (χ1v) is 7.90. The summed E-state index contributed by atoms with van der Waals surface area (Å²) in [5.41, 5.74) is -3.15. The van der Waals surface area contributed by atoms with E-state index in [4.69, 9.17) is 20.8 Å². The van der Waals surface area contributed by atoms with E-state index in [-0.39, 0.29) is 28.3 Å². The number of benzene rings is 2. The predicted molar refractivity (Wildman–Crippen MR) is 89.5 cm³/mol. The van der Waals surface area contributed by atoms with E-state index in [1.165, 1.54) is 19.2 Å². The van der Waals surface area contributed by atoms with Crippen molar-refractivity contribution in [3.8, 4) is 16.9 Å². The van der Waals surface area contributed by atoms with Crippen LogP contribution in [0.1, 0.15) is 11.3 Å². The Morgan fingerprint density at radius 3 is 2.21 bits per heavy atom. The number of ether oxygens (including phenoxy) is 1. The van der Waals surface area contributed by atoms with Crippen LogP contribution in [-0.4, -0.2) is 7.11 Å². The van der Waals surface area contributed by atoms with Crippen molar-refractivity contribution < 1.29 is 35.5 Å². The zero-order chi connectivity index (χ0) is 20.9. The largest absolute Gasteiger partial charge is 0.496 e. The topological polar surface area (TPSA) is 39.4 Å². The highest BCUT2D eigenvalue weighted by Gasteiger charge is 2.36. The first-order valence-electron chi connectivity index (χ1n) is 7.52. The molecule has 0 radical (unpaired) electrons. The van der Waals surface area contributed by atoms with E-state index >= 15 is 0 Å². The fourth-order valence-electron chi connectivity index (χ4n) is 2.68. The second-order valence-corrected chi connectivity index (χ2v) is 6.09. The molecule has 0 atom stereocenters. The van der Waals surface area contributed by atoms with Crippen molar-refractivity contribution >= 4 is 22.6 Å². The van der Waals surface area contributed by atoms with Crippen molar-refractivity contribution in [1.29, 1.82) is 0 Å². The molecule has 2 aromatic carbocycles. The number of hydrogen-bond donors (Lipinski definition) is 0. The smallest absolute Gasteiger partial charge is 0.449 e. The van der Waals surface area contributed by atoms with Gasteiger partial charge in [0.2, 0.25) is 5.76 Å². The summed E-state index contributed by atoms with van der Waals surface area (Å²) in [6, 6.07) is 5.47. The molecule has 3 nitrogen and oxygen atoms in total. The average molecular weight is 423 g/mol. The van der Waals surface area contributed by atoms with Crippen LogP contribution in [0.5, 0.6) is 5.75 Å². The van der Waals surface area contributed by atoms with E-state index < -0.39 is 39.7 Å². The Kier molecular flexibility index (Phi) is 4.82. The van der Waals surface area contributed by atoms with Crippen LogP contribution < -0.4 is 10.2 Å². The standard InChI is InChI=1S/C18H9ClF6O3/c1-27-13-5-3-9-12(26)7-14(18(23,24)25)28-16(9)15(13)8-2-4-11(19)10(6-8)17(20,21)22/h2-7H,1H3. The van der Waals surface area contributed by atoms with E-state index in [1.807, 2.05) is 0 Å². The number of methoxy groups -OCH3 is 1. The maximum atomic E-state index is 13.2. The van der Waals surface area contributed by atoms with Gasteiger partial charge in [-0.2, -0.15) is 26.3 Å². The summed E-state index contributed by atoms with van der Waals surface area (Å²) < 4.78 is 88.7. The first-order chi connectivity index (χ1) is 12.9. The minimum atomic E-state index is -4.97. The lowest BCUT2D eigenvalue weighted by atomic mass is 9.99. The van der Waals surface area contributed by atoms with Crippen molar-refractivity contribution in [1.82, 2.24) is 0 Å². The Hall–Kier alpha value is -2.68. The van der Waals surface area contributed by atoms with E-state index in [9.17, 15) is 31.1 Å². The average Bonchev–Trinajstić information content (AvgIpc) is 2.59. The number of hydrogen-bond acceptors (Lipinski definition) is 3. The van der Waals surface area contributed by atoms with Gasteiger partial charge in [0.1, 0.15) is 11.3 Å². The molecule has 0 bridgehead atoms. The summed E-state index contributed by atoms with van der Waals surface area (Å²) >= 11 is 5.60. The molecular weight excluding hydrogens is 414 g/mol. The molecule has 0 saturated heterocycles. The van der Waals surface area contributed by atoms with Crippen LogP contribution >= 0.6 is 11.6 Å². The molecule has 1 aromatic heterocycles. The van der Waals surface area contributed by atoms with Gasteiger partial charge < -0.3 is 9.15 Å². The van der Waals surface area contributed by atoms with Crippen LogP contribution in [0, 0.1) is 0 Å². The van der Waals surface area contributed by atoms with E-state index in [2.05, 4.69) is 0 Å². The molecule has 3 aromatic rings. The van der Waals surface area contributed by atoms with Crippen molar-refractivity contribution in [3.05, 3.63) is 63.0 Å². The summed E-state index contributed by atoms with van der Waals surface area (Å²) in [5, 5.41) is -0.833. The molecular formula is C18H9ClF6O3. The normalized spacial score (nSPS) is 12.4. The Labute approximate surface area is 158 Å². The van der Waals surface area contributed by atoms with Gasteiger partial charge in [-0.15, -0.1) is 0 Å². The van der Waals surface area contributed by atoms with Crippen LogP contribution in [0.15, 0.2) is 45.6 Å². The third-order valence-corrected chi connectivity index (χ3v) is 4.25. The number of alkyl halides is 6. The molecule has 0 saturated carbocycles. The number of halogens is 7. The summed E-state index contributed by atoms with van der Waals surface area (Å²) in [5.74, 6) is -1.66. The fraction of sp³-hybridized carbons (Fsp3) is 0.167. The van der Waals surface area contributed by atoms with Crippen LogP contribution in [0.3, 0.4) is 0 Å². The second kappa shape index (κ2) is 6.73. The Morgan fingerprint density at radius 1 is 0.964 bits per heavy atom. The molecule has 0 unspecified atom stereocenters. The summed E-state index contributed by atoms with van der Waals surface area (Å²) in [6.07, 6.45) is -9.77. The minimum absolute atomic E-state index is 0.0783. The van der Waals surface area contributed by atoms with Crippen LogP contribution in [-0.2, 0) is 12.4 Å². The zero-order valence-electron chi connectivity index (χ0n) is 13.8. The molecule has 1 heterocycles. The SMILES string of the molecule is COc1ccc2c(=O)cc(C(F)(F)F)oc2c1-c1ccc(Cl)c(C(F)(F)F)c1. The quantitative estimate of drug-likeness (QED) is 0.464. The van der Waals surface area contributed by atoms with Gasteiger partial charge in [-0.1, -0.05) is 17.7 Å². The van der Waals surface area contributed by atoms with Gasteiger partial charge in [0, 0.05) is 6.07 Å². The van der Waals surface area contributed by atoms with Gasteiger partial charge in [0.25, 0.3) is 0 Å². The lowest BCUT2D eigenvalue weighted by molar-refractivity contribution is -0.152. The minimum Gasteiger partial charge on any atom is -0.496 e. The van der Waals surface area contributed by atoms with Crippen molar-refractivity contribution in [2.75, 3.05) is 7.11 Å². The maximum Gasteiger partial charge on any atom is 0.449 e. The molecule has 148 valence electrons. The molecule has 0 fully saturated rings. The summed E-state index contributed by atoms with van der Waals surface area (Å²) in [7, 11) is 1.18. The lowest BCUT2D eigenvalue weighted by Crippen LogP contribution is -2.11. The lowest BCUT2D eigenvalue weighted by Gasteiger charge is -2.15. The highest BCUT2D eigenvalue weighted by molar-refractivity contribution is 6.31. The monoisotopic (exact) mass is 422 g/mol.